The van der Waals surface area contributed by atoms with Gasteiger partial charge >= 0.3 is 0 Å². The average molecular weight is 260 g/mol. The van der Waals surface area contributed by atoms with Crippen LogP contribution in [0.5, 0.6) is 0 Å². The summed E-state index contributed by atoms with van der Waals surface area (Å²) in [6.07, 6.45) is 0. The summed E-state index contributed by atoms with van der Waals surface area (Å²) in [4.78, 5) is -0.0591. The molecule has 0 aliphatic carbocycles. The van der Waals surface area contributed by atoms with E-state index in [2.05, 4.69) is 0 Å². The Bertz CT molecular complexity index is 500. The third-order valence-electron chi connectivity index (χ3n) is 2.63. The van der Waals surface area contributed by atoms with E-state index in [4.69, 9.17) is 5.73 Å². The van der Waals surface area contributed by atoms with E-state index in [9.17, 15) is 12.8 Å². The molecule has 2 N–H and O–H groups in total. The molecule has 0 aliphatic rings. The van der Waals surface area contributed by atoms with Crippen molar-refractivity contribution in [2.45, 2.75) is 31.3 Å². The fraction of sp³-hybridized carbons (Fsp3) is 0.455. The van der Waals surface area contributed by atoms with E-state index in [1.54, 1.807) is 13.8 Å². The molecule has 17 heavy (non-hydrogen) atoms. The molecule has 4 nitrogen and oxygen atoms in total. The number of hydrogen-bond acceptors (Lipinski definition) is 3. The Balaban J connectivity index is 3.37. The zero-order chi connectivity index (χ0) is 13.2. The van der Waals surface area contributed by atoms with E-state index in [1.807, 2.05) is 0 Å². The SMILES string of the molecule is CC(C)N(C)S(=O)(=O)c1cc(F)ccc1CN. The zero-order valence-corrected chi connectivity index (χ0v) is 11.0. The van der Waals surface area contributed by atoms with Crippen LogP contribution in [-0.4, -0.2) is 25.8 Å². The lowest BCUT2D eigenvalue weighted by atomic mass is 10.2. The molecule has 6 heteroatoms. The highest BCUT2D eigenvalue weighted by molar-refractivity contribution is 7.89. The fourth-order valence-corrected chi connectivity index (χ4v) is 2.98. The lowest BCUT2D eigenvalue weighted by Gasteiger charge is -2.22. The van der Waals surface area contributed by atoms with Gasteiger partial charge in [0.1, 0.15) is 5.82 Å². The van der Waals surface area contributed by atoms with E-state index in [-0.39, 0.29) is 17.5 Å². The molecule has 0 amide bonds. The Morgan fingerprint density at radius 1 is 1.41 bits per heavy atom. The molecule has 0 saturated heterocycles. The number of halogens is 1. The minimum Gasteiger partial charge on any atom is -0.326 e. The van der Waals surface area contributed by atoms with Gasteiger partial charge in [0.15, 0.2) is 0 Å². The minimum atomic E-state index is -3.69. The van der Waals surface area contributed by atoms with Gasteiger partial charge in [0.25, 0.3) is 0 Å². The van der Waals surface area contributed by atoms with Crippen LogP contribution in [0.4, 0.5) is 4.39 Å². The Hall–Kier alpha value is -0.980. The normalized spacial score (nSPS) is 12.4. The first-order valence-electron chi connectivity index (χ1n) is 5.27. The molecule has 0 fully saturated rings. The molecule has 0 saturated carbocycles. The van der Waals surface area contributed by atoms with Crippen LogP contribution in [0.25, 0.3) is 0 Å². The topological polar surface area (TPSA) is 63.4 Å². The molecule has 0 radical (unpaired) electrons. The van der Waals surface area contributed by atoms with Gasteiger partial charge in [0.2, 0.25) is 10.0 Å². The van der Waals surface area contributed by atoms with Gasteiger partial charge in [0.05, 0.1) is 4.90 Å². The highest BCUT2D eigenvalue weighted by Crippen LogP contribution is 2.21. The van der Waals surface area contributed by atoms with Crippen molar-refractivity contribution < 1.29 is 12.8 Å². The number of rotatable bonds is 4. The van der Waals surface area contributed by atoms with Gasteiger partial charge in [0, 0.05) is 19.6 Å². The number of sulfonamides is 1. The van der Waals surface area contributed by atoms with Crippen LogP contribution in [0.3, 0.4) is 0 Å². The number of nitrogens with zero attached hydrogens (tertiary/aromatic N) is 1. The highest BCUT2D eigenvalue weighted by atomic mass is 32.2. The summed E-state index contributed by atoms with van der Waals surface area (Å²) in [7, 11) is -2.23. The maximum absolute atomic E-state index is 13.2. The first kappa shape index (κ1) is 14.1. The zero-order valence-electron chi connectivity index (χ0n) is 10.1. The molecule has 1 aromatic carbocycles. The van der Waals surface area contributed by atoms with E-state index in [0.717, 1.165) is 6.07 Å². The summed E-state index contributed by atoms with van der Waals surface area (Å²) in [5.74, 6) is -0.585. The van der Waals surface area contributed by atoms with Gasteiger partial charge in [-0.25, -0.2) is 12.8 Å². The van der Waals surface area contributed by atoms with Gasteiger partial charge < -0.3 is 5.73 Å². The van der Waals surface area contributed by atoms with E-state index >= 15 is 0 Å². The maximum atomic E-state index is 13.2. The largest absolute Gasteiger partial charge is 0.326 e. The standard InChI is InChI=1S/C11H17FN2O2S/c1-8(2)14(3)17(15,16)11-6-10(12)5-4-9(11)7-13/h4-6,8H,7,13H2,1-3H3. The van der Waals surface area contributed by atoms with Crippen molar-refractivity contribution in [2.75, 3.05) is 7.05 Å². The number of hydrogen-bond donors (Lipinski definition) is 1. The van der Waals surface area contributed by atoms with Crippen LogP contribution in [0, 0.1) is 5.82 Å². The fourth-order valence-electron chi connectivity index (χ4n) is 1.37. The minimum absolute atomic E-state index is 0.0563. The van der Waals surface area contributed by atoms with E-state index < -0.39 is 15.8 Å². The molecule has 0 spiro atoms. The number of nitrogens with two attached hydrogens (primary N) is 1. The summed E-state index contributed by atoms with van der Waals surface area (Å²) in [5.41, 5.74) is 5.88. The lowest BCUT2D eigenvalue weighted by molar-refractivity contribution is 0.409. The van der Waals surface area contributed by atoms with E-state index in [1.165, 1.54) is 23.5 Å². The predicted octanol–water partition coefficient (Wildman–Crippen LogP) is 1.31. The third kappa shape index (κ3) is 2.83. The van der Waals surface area contributed by atoms with E-state index in [0.29, 0.717) is 5.56 Å². The van der Waals surface area contributed by atoms with Crippen molar-refractivity contribution in [3.63, 3.8) is 0 Å². The first-order valence-corrected chi connectivity index (χ1v) is 6.71. The quantitative estimate of drug-likeness (QED) is 0.888. The second-order valence-electron chi connectivity index (χ2n) is 4.07. The highest BCUT2D eigenvalue weighted by Gasteiger charge is 2.25. The van der Waals surface area contributed by atoms with Crippen molar-refractivity contribution in [2.24, 2.45) is 5.73 Å². The summed E-state index contributed by atoms with van der Waals surface area (Å²) in [5, 5.41) is 0. The van der Waals surface area contributed by atoms with Crippen molar-refractivity contribution >= 4 is 10.0 Å². The monoisotopic (exact) mass is 260 g/mol. The van der Waals surface area contributed by atoms with Crippen LogP contribution in [0.1, 0.15) is 19.4 Å². The summed E-state index contributed by atoms with van der Waals surface area (Å²) < 4.78 is 38.8. The van der Waals surface area contributed by atoms with Gasteiger partial charge in [-0.05, 0) is 31.5 Å². The Kier molecular flexibility index (Phi) is 4.24. The third-order valence-corrected chi connectivity index (χ3v) is 4.75. The molecular weight excluding hydrogens is 243 g/mol. The van der Waals surface area contributed by atoms with Crippen molar-refractivity contribution in [3.8, 4) is 0 Å². The van der Waals surface area contributed by atoms with Crippen molar-refractivity contribution in [3.05, 3.63) is 29.6 Å². The second kappa shape index (κ2) is 5.12. The first-order chi connectivity index (χ1) is 7.80. The van der Waals surface area contributed by atoms with Crippen LogP contribution >= 0.6 is 0 Å². The van der Waals surface area contributed by atoms with Crippen molar-refractivity contribution in [1.29, 1.82) is 0 Å². The van der Waals surface area contributed by atoms with Gasteiger partial charge in [-0.1, -0.05) is 6.07 Å². The lowest BCUT2D eigenvalue weighted by Crippen LogP contribution is -2.33. The molecule has 0 bridgehead atoms. The smallest absolute Gasteiger partial charge is 0.243 e. The van der Waals surface area contributed by atoms with Crippen LogP contribution in [0.2, 0.25) is 0 Å². The molecule has 96 valence electrons. The van der Waals surface area contributed by atoms with Gasteiger partial charge in [-0.15, -0.1) is 0 Å². The summed E-state index contributed by atoms with van der Waals surface area (Å²) >= 11 is 0. The Morgan fingerprint density at radius 2 is 2.00 bits per heavy atom. The maximum Gasteiger partial charge on any atom is 0.243 e. The summed E-state index contributed by atoms with van der Waals surface area (Å²) in [6, 6.07) is 3.41. The van der Waals surface area contributed by atoms with Crippen molar-refractivity contribution in [1.82, 2.24) is 4.31 Å². The second-order valence-corrected chi connectivity index (χ2v) is 6.04. The molecular formula is C11H17FN2O2S. The Labute approximate surface area is 101 Å². The molecule has 0 aliphatic heterocycles. The van der Waals surface area contributed by atoms with Gasteiger partial charge in [-0.3, -0.25) is 0 Å². The molecule has 0 heterocycles. The number of benzene rings is 1. The molecule has 0 atom stereocenters. The predicted molar refractivity (Wildman–Crippen MR) is 64.4 cm³/mol. The van der Waals surface area contributed by atoms with Gasteiger partial charge in [-0.2, -0.15) is 4.31 Å². The van der Waals surface area contributed by atoms with Crippen LogP contribution in [-0.2, 0) is 16.6 Å². The summed E-state index contributed by atoms with van der Waals surface area (Å²) in [6.45, 7) is 3.55. The average Bonchev–Trinajstić information content (AvgIpc) is 2.27. The molecule has 0 unspecified atom stereocenters. The molecule has 1 aromatic rings. The molecule has 0 aromatic heterocycles. The Morgan fingerprint density at radius 3 is 2.47 bits per heavy atom. The van der Waals surface area contributed by atoms with Crippen LogP contribution in [0.15, 0.2) is 23.1 Å². The molecule has 1 rings (SSSR count). The van der Waals surface area contributed by atoms with Crippen LogP contribution < -0.4 is 5.73 Å².